The van der Waals surface area contributed by atoms with Gasteiger partial charge < -0.3 is 15.0 Å². The molecule has 0 amide bonds. The molecular formula is C21H29N5O3S. The molecule has 0 spiro atoms. The van der Waals surface area contributed by atoms with E-state index in [4.69, 9.17) is 0 Å². The van der Waals surface area contributed by atoms with E-state index in [1.54, 1.807) is 10.5 Å². The van der Waals surface area contributed by atoms with Crippen LogP contribution in [0, 0.1) is 23.2 Å². The lowest BCUT2D eigenvalue weighted by Gasteiger charge is -2.36. The molecule has 1 aliphatic carbocycles. The van der Waals surface area contributed by atoms with Gasteiger partial charge in [0.15, 0.2) is 0 Å². The van der Waals surface area contributed by atoms with Gasteiger partial charge in [-0.25, -0.2) is 17.7 Å². The number of aliphatic hydroxyl groups is 1. The molecule has 1 unspecified atom stereocenters. The average Bonchev–Trinajstić information content (AvgIpc) is 3.42. The van der Waals surface area contributed by atoms with E-state index < -0.39 is 10.0 Å². The fourth-order valence-corrected chi connectivity index (χ4v) is 6.90. The first-order valence-electron chi connectivity index (χ1n) is 10.6. The summed E-state index contributed by atoms with van der Waals surface area (Å²) >= 11 is 0. The zero-order valence-electron chi connectivity index (χ0n) is 17.3. The maximum Gasteiger partial charge on any atom is 0.214 e. The van der Waals surface area contributed by atoms with E-state index >= 15 is 0 Å². The highest BCUT2D eigenvalue weighted by Gasteiger charge is 2.34. The summed E-state index contributed by atoms with van der Waals surface area (Å²) in [6.45, 7) is 1.03. The molecule has 8 nitrogen and oxygen atoms in total. The van der Waals surface area contributed by atoms with Crippen molar-refractivity contribution in [2.75, 3.05) is 37.4 Å². The Labute approximate surface area is 177 Å². The summed E-state index contributed by atoms with van der Waals surface area (Å²) in [5.41, 5.74) is 2.22. The molecule has 9 heteroatoms. The lowest BCUT2D eigenvalue weighted by Crippen LogP contribution is -2.39. The normalized spacial score (nSPS) is 25.4. The largest absolute Gasteiger partial charge is 0.396 e. The molecule has 1 aliphatic heterocycles. The number of sulfonamides is 1. The number of fused-ring (bicyclic) bond motifs is 1. The van der Waals surface area contributed by atoms with Gasteiger partial charge in [0.25, 0.3) is 0 Å². The van der Waals surface area contributed by atoms with Crippen LogP contribution in [0.2, 0.25) is 0 Å². The molecule has 3 heterocycles. The Morgan fingerprint density at radius 2 is 2.07 bits per heavy atom. The summed E-state index contributed by atoms with van der Waals surface area (Å²) in [6, 6.07) is 4.47. The molecule has 2 aromatic rings. The Bertz CT molecular complexity index is 1040. The van der Waals surface area contributed by atoms with Crippen LogP contribution in [0.25, 0.3) is 11.0 Å². The van der Waals surface area contributed by atoms with Gasteiger partial charge in [0.2, 0.25) is 10.0 Å². The van der Waals surface area contributed by atoms with Gasteiger partial charge in [-0.05, 0) is 50.0 Å². The van der Waals surface area contributed by atoms with Gasteiger partial charge in [-0.2, -0.15) is 5.26 Å². The number of nitrogens with one attached hydrogen (secondary N) is 1. The van der Waals surface area contributed by atoms with Gasteiger partial charge >= 0.3 is 0 Å². The van der Waals surface area contributed by atoms with Crippen LogP contribution in [0.4, 0.5) is 5.69 Å². The number of pyridine rings is 1. The number of anilines is 1. The highest BCUT2D eigenvalue weighted by atomic mass is 32.2. The van der Waals surface area contributed by atoms with Crippen molar-refractivity contribution in [3.63, 3.8) is 0 Å². The van der Waals surface area contributed by atoms with Crippen LogP contribution in [0.5, 0.6) is 0 Å². The molecule has 1 atom stereocenters. The molecule has 0 radical (unpaired) electrons. The van der Waals surface area contributed by atoms with Crippen molar-refractivity contribution in [1.82, 2.24) is 14.3 Å². The number of nitriles is 1. The minimum Gasteiger partial charge on any atom is -0.396 e. The summed E-state index contributed by atoms with van der Waals surface area (Å²) in [5.74, 6) is 0.430. The zero-order valence-corrected chi connectivity index (χ0v) is 18.1. The van der Waals surface area contributed by atoms with Crippen molar-refractivity contribution in [3.8, 4) is 6.07 Å². The number of H-pyrrole nitrogens is 1. The number of aromatic nitrogens is 2. The van der Waals surface area contributed by atoms with Crippen molar-refractivity contribution >= 4 is 26.7 Å². The first kappa shape index (κ1) is 21.1. The predicted octanol–water partition coefficient (Wildman–Crippen LogP) is 2.07. The number of rotatable bonds is 6. The third-order valence-corrected chi connectivity index (χ3v) is 8.75. The summed E-state index contributed by atoms with van der Waals surface area (Å²) in [5, 5.41) is 19.8. The van der Waals surface area contributed by atoms with Gasteiger partial charge in [-0.1, -0.05) is 0 Å². The van der Waals surface area contributed by atoms with Gasteiger partial charge in [0.05, 0.1) is 17.0 Å². The predicted molar refractivity (Wildman–Crippen MR) is 116 cm³/mol. The first-order valence-corrected chi connectivity index (χ1v) is 12.2. The van der Waals surface area contributed by atoms with Crippen molar-refractivity contribution in [2.45, 2.75) is 38.1 Å². The molecule has 162 valence electrons. The maximum atomic E-state index is 12.8. The van der Waals surface area contributed by atoms with Crippen LogP contribution in [0.3, 0.4) is 0 Å². The Morgan fingerprint density at radius 3 is 2.73 bits per heavy atom. The topological polar surface area (TPSA) is 113 Å². The zero-order chi connectivity index (χ0) is 21.3. The summed E-state index contributed by atoms with van der Waals surface area (Å²) in [6.07, 6.45) is 7.69. The lowest BCUT2D eigenvalue weighted by molar-refractivity contribution is 0.233. The van der Waals surface area contributed by atoms with Gasteiger partial charge in [0, 0.05) is 50.6 Å². The minimum absolute atomic E-state index is 0.0531. The average molecular weight is 432 g/mol. The summed E-state index contributed by atoms with van der Waals surface area (Å²) in [4.78, 5) is 9.59. The molecule has 1 saturated carbocycles. The van der Waals surface area contributed by atoms with Crippen LogP contribution in [0.15, 0.2) is 18.5 Å². The molecular weight excluding hydrogens is 402 g/mol. The van der Waals surface area contributed by atoms with E-state index in [9.17, 15) is 18.8 Å². The standard InChI is InChI=1S/C21H29N5O3S/c1-25(20-17(10-22)11-24-21-19(20)6-8-23-21)18-4-2-15(3-5-18)14-30(28,29)26-9-7-16(12-26)13-27/h6,8,11,15-16,18,27H,2-5,7,9,12-14H2,1H3,(H,23,24)/t15-,16?,18-. The van der Waals surface area contributed by atoms with E-state index in [0.29, 0.717) is 18.7 Å². The lowest BCUT2D eigenvalue weighted by atomic mass is 9.86. The number of hydrogen-bond acceptors (Lipinski definition) is 6. The first-order chi connectivity index (χ1) is 14.4. The molecule has 0 aromatic carbocycles. The second kappa shape index (κ2) is 8.53. The number of aliphatic hydroxyl groups excluding tert-OH is 1. The maximum absolute atomic E-state index is 12.8. The van der Waals surface area contributed by atoms with Crippen molar-refractivity contribution in [1.29, 1.82) is 5.26 Å². The van der Waals surface area contributed by atoms with E-state index in [1.165, 1.54) is 0 Å². The molecule has 0 bridgehead atoms. The van der Waals surface area contributed by atoms with Crippen LogP contribution in [-0.4, -0.2) is 66.3 Å². The van der Waals surface area contributed by atoms with Crippen molar-refractivity contribution in [2.24, 2.45) is 11.8 Å². The quantitative estimate of drug-likeness (QED) is 0.724. The second-order valence-electron chi connectivity index (χ2n) is 8.63. The molecule has 2 N–H and O–H groups in total. The molecule has 1 saturated heterocycles. The molecule has 30 heavy (non-hydrogen) atoms. The summed E-state index contributed by atoms with van der Waals surface area (Å²) < 4.78 is 27.1. The Kier molecular flexibility index (Phi) is 6.00. The van der Waals surface area contributed by atoms with E-state index in [-0.39, 0.29) is 30.2 Å². The molecule has 4 rings (SSSR count). The smallest absolute Gasteiger partial charge is 0.214 e. The third-order valence-electron chi connectivity index (χ3n) is 6.74. The van der Waals surface area contributed by atoms with Gasteiger partial charge in [-0.15, -0.1) is 0 Å². The highest BCUT2D eigenvalue weighted by Crippen LogP contribution is 2.35. The molecule has 2 aromatic heterocycles. The number of aromatic amines is 1. The number of hydrogen-bond donors (Lipinski definition) is 2. The number of nitrogens with zero attached hydrogens (tertiary/aromatic N) is 4. The fraction of sp³-hybridized carbons (Fsp3) is 0.619. The van der Waals surface area contributed by atoms with E-state index in [1.807, 2.05) is 19.3 Å². The van der Waals surface area contributed by atoms with Crippen LogP contribution >= 0.6 is 0 Å². The highest BCUT2D eigenvalue weighted by molar-refractivity contribution is 7.89. The van der Waals surface area contributed by atoms with Crippen LogP contribution < -0.4 is 4.90 Å². The third kappa shape index (κ3) is 4.04. The van der Waals surface area contributed by atoms with E-state index in [0.717, 1.165) is 48.8 Å². The van der Waals surface area contributed by atoms with Crippen molar-refractivity contribution in [3.05, 3.63) is 24.0 Å². The van der Waals surface area contributed by atoms with Crippen LogP contribution in [0.1, 0.15) is 37.7 Å². The van der Waals surface area contributed by atoms with Crippen LogP contribution in [-0.2, 0) is 10.0 Å². The second-order valence-corrected chi connectivity index (χ2v) is 10.6. The van der Waals surface area contributed by atoms with Gasteiger partial charge in [0.1, 0.15) is 11.7 Å². The molecule has 2 fully saturated rings. The molecule has 2 aliphatic rings. The summed E-state index contributed by atoms with van der Waals surface area (Å²) in [7, 11) is -1.25. The van der Waals surface area contributed by atoms with Gasteiger partial charge in [-0.3, -0.25) is 0 Å². The monoisotopic (exact) mass is 431 g/mol. The van der Waals surface area contributed by atoms with Crippen molar-refractivity contribution < 1.29 is 13.5 Å². The van der Waals surface area contributed by atoms with E-state index in [2.05, 4.69) is 20.9 Å². The Hall–Kier alpha value is -2.15. The Morgan fingerprint density at radius 1 is 1.30 bits per heavy atom. The Balaban J connectivity index is 1.41. The fourth-order valence-electron chi connectivity index (χ4n) is 4.94. The SMILES string of the molecule is CN(c1c(C#N)cnc2[nH]ccc12)[C@H]1CC[C@H](CS(=O)(=O)N2CCC(CO)C2)CC1. The minimum atomic E-state index is -3.27.